The quantitative estimate of drug-likeness (QED) is 0.374. The predicted molar refractivity (Wildman–Crippen MR) is 124 cm³/mol. The van der Waals surface area contributed by atoms with E-state index in [1.165, 1.54) is 15.3 Å². The number of nitrogens with zero attached hydrogens (tertiary/aromatic N) is 3. The molecule has 1 aromatic carbocycles. The van der Waals surface area contributed by atoms with Crippen LogP contribution < -0.4 is 0 Å². The number of carbonyl (C=O) groups excluding carboxylic acids is 1. The first kappa shape index (κ1) is 20.4. The van der Waals surface area contributed by atoms with Gasteiger partial charge in [-0.1, -0.05) is 30.3 Å². The van der Waals surface area contributed by atoms with E-state index in [1.807, 2.05) is 40.6 Å². The SMILES string of the molecule is Cc1ccc(CN(CCc2ccccc2)C(=O)Cc2csc(-c3cccnc3)n2)s1. The van der Waals surface area contributed by atoms with Gasteiger partial charge in [-0.3, -0.25) is 9.78 Å². The first-order chi connectivity index (χ1) is 14.7. The lowest BCUT2D eigenvalue weighted by Gasteiger charge is -2.22. The second-order valence-electron chi connectivity index (χ2n) is 7.13. The Morgan fingerprint density at radius 1 is 1.07 bits per heavy atom. The van der Waals surface area contributed by atoms with Gasteiger partial charge in [-0.25, -0.2) is 4.98 Å². The Kier molecular flexibility index (Phi) is 6.67. The zero-order chi connectivity index (χ0) is 20.8. The van der Waals surface area contributed by atoms with Gasteiger partial charge < -0.3 is 4.90 Å². The van der Waals surface area contributed by atoms with Crippen LogP contribution >= 0.6 is 22.7 Å². The Balaban J connectivity index is 1.46. The van der Waals surface area contributed by atoms with E-state index in [9.17, 15) is 4.79 Å². The molecule has 0 N–H and O–H groups in total. The van der Waals surface area contributed by atoms with Gasteiger partial charge in [-0.15, -0.1) is 22.7 Å². The van der Waals surface area contributed by atoms with E-state index >= 15 is 0 Å². The van der Waals surface area contributed by atoms with Gasteiger partial charge >= 0.3 is 0 Å². The predicted octanol–water partition coefficient (Wildman–Crippen LogP) is 5.39. The molecule has 0 saturated heterocycles. The minimum Gasteiger partial charge on any atom is -0.337 e. The normalized spacial score (nSPS) is 10.8. The molecule has 0 atom stereocenters. The third-order valence-corrected chi connectivity index (χ3v) is 6.73. The Morgan fingerprint density at radius 2 is 1.93 bits per heavy atom. The molecule has 0 aliphatic carbocycles. The first-order valence-corrected chi connectivity index (χ1v) is 11.6. The van der Waals surface area contributed by atoms with Crippen LogP contribution in [0.15, 0.2) is 72.4 Å². The molecule has 0 aliphatic heterocycles. The highest BCUT2D eigenvalue weighted by atomic mass is 32.1. The second kappa shape index (κ2) is 9.78. The molecular formula is C24H23N3OS2. The summed E-state index contributed by atoms with van der Waals surface area (Å²) in [5, 5.41) is 2.88. The molecule has 0 fully saturated rings. The smallest absolute Gasteiger partial charge is 0.228 e. The number of rotatable bonds is 8. The molecule has 152 valence electrons. The number of aromatic nitrogens is 2. The monoisotopic (exact) mass is 433 g/mol. The maximum absolute atomic E-state index is 13.2. The summed E-state index contributed by atoms with van der Waals surface area (Å²) in [5.41, 5.74) is 3.04. The minimum atomic E-state index is 0.111. The minimum absolute atomic E-state index is 0.111. The van der Waals surface area contributed by atoms with Crippen molar-refractivity contribution in [3.63, 3.8) is 0 Å². The van der Waals surface area contributed by atoms with E-state index < -0.39 is 0 Å². The molecule has 0 radical (unpaired) electrons. The Hall–Kier alpha value is -2.83. The van der Waals surface area contributed by atoms with Crippen molar-refractivity contribution >= 4 is 28.6 Å². The maximum atomic E-state index is 13.2. The molecule has 3 heterocycles. The van der Waals surface area contributed by atoms with Gasteiger partial charge in [0.25, 0.3) is 0 Å². The number of carbonyl (C=O) groups is 1. The zero-order valence-electron chi connectivity index (χ0n) is 16.8. The summed E-state index contributed by atoms with van der Waals surface area (Å²) in [4.78, 5) is 26.4. The molecule has 1 amide bonds. The highest BCUT2D eigenvalue weighted by molar-refractivity contribution is 7.13. The van der Waals surface area contributed by atoms with E-state index in [-0.39, 0.29) is 5.91 Å². The van der Waals surface area contributed by atoms with Gasteiger partial charge in [-0.2, -0.15) is 0 Å². The Labute approximate surface area is 184 Å². The molecule has 0 unspecified atom stereocenters. The molecular weight excluding hydrogens is 410 g/mol. The van der Waals surface area contributed by atoms with Crippen LogP contribution in [0.2, 0.25) is 0 Å². The maximum Gasteiger partial charge on any atom is 0.228 e. The van der Waals surface area contributed by atoms with E-state index in [2.05, 4.69) is 41.2 Å². The lowest BCUT2D eigenvalue weighted by atomic mass is 10.1. The summed E-state index contributed by atoms with van der Waals surface area (Å²) in [7, 11) is 0. The molecule has 30 heavy (non-hydrogen) atoms. The van der Waals surface area contributed by atoms with Crippen molar-refractivity contribution in [1.29, 1.82) is 0 Å². The van der Waals surface area contributed by atoms with Crippen molar-refractivity contribution in [2.45, 2.75) is 26.3 Å². The number of pyridine rings is 1. The topological polar surface area (TPSA) is 46.1 Å². The summed E-state index contributed by atoms with van der Waals surface area (Å²) in [6, 6.07) is 18.4. The Bertz CT molecular complexity index is 1090. The van der Waals surface area contributed by atoms with Crippen molar-refractivity contribution in [3.05, 3.63) is 93.4 Å². The van der Waals surface area contributed by atoms with Gasteiger partial charge in [-0.05, 0) is 43.2 Å². The first-order valence-electron chi connectivity index (χ1n) is 9.89. The molecule has 4 nitrogen and oxygen atoms in total. The standard InChI is InChI=1S/C24H23N3OS2/c1-18-9-10-22(30-18)16-27(13-11-19-6-3-2-4-7-19)23(28)14-21-17-29-24(26-21)20-8-5-12-25-15-20/h2-10,12,15,17H,11,13-14,16H2,1H3. The van der Waals surface area contributed by atoms with Crippen molar-refractivity contribution in [3.8, 4) is 10.6 Å². The number of amides is 1. The highest BCUT2D eigenvalue weighted by Gasteiger charge is 2.17. The number of aryl methyl sites for hydroxylation is 1. The number of benzene rings is 1. The van der Waals surface area contributed by atoms with Crippen LogP contribution in [0.3, 0.4) is 0 Å². The average molecular weight is 434 g/mol. The van der Waals surface area contributed by atoms with Gasteiger partial charge in [0, 0.05) is 39.6 Å². The summed E-state index contributed by atoms with van der Waals surface area (Å²) >= 11 is 3.30. The second-order valence-corrected chi connectivity index (χ2v) is 9.36. The van der Waals surface area contributed by atoms with Crippen LogP contribution in [0.1, 0.15) is 21.0 Å². The molecule has 6 heteroatoms. The molecule has 0 saturated carbocycles. The van der Waals surface area contributed by atoms with Crippen molar-refractivity contribution in [1.82, 2.24) is 14.9 Å². The number of hydrogen-bond donors (Lipinski definition) is 0. The molecule has 0 bridgehead atoms. The van der Waals surface area contributed by atoms with Crippen LogP contribution in [0, 0.1) is 6.92 Å². The fraction of sp³-hybridized carbons (Fsp3) is 0.208. The number of hydrogen-bond acceptors (Lipinski definition) is 5. The van der Waals surface area contributed by atoms with E-state index in [1.54, 1.807) is 35.1 Å². The van der Waals surface area contributed by atoms with Crippen LogP contribution in [0.25, 0.3) is 10.6 Å². The van der Waals surface area contributed by atoms with Crippen molar-refractivity contribution in [2.24, 2.45) is 0 Å². The lowest BCUT2D eigenvalue weighted by Crippen LogP contribution is -2.33. The van der Waals surface area contributed by atoms with Crippen LogP contribution in [-0.2, 0) is 24.2 Å². The van der Waals surface area contributed by atoms with Gasteiger partial charge in [0.05, 0.1) is 18.7 Å². The summed E-state index contributed by atoms with van der Waals surface area (Å²) in [6.45, 7) is 3.43. The largest absolute Gasteiger partial charge is 0.337 e. The van der Waals surface area contributed by atoms with Crippen LogP contribution in [0.4, 0.5) is 0 Å². The van der Waals surface area contributed by atoms with Gasteiger partial charge in [0.15, 0.2) is 0 Å². The van der Waals surface area contributed by atoms with E-state index in [0.29, 0.717) is 19.5 Å². The molecule has 4 rings (SSSR count). The third-order valence-electron chi connectivity index (χ3n) is 4.80. The van der Waals surface area contributed by atoms with Crippen molar-refractivity contribution < 1.29 is 4.79 Å². The average Bonchev–Trinajstić information content (AvgIpc) is 3.41. The van der Waals surface area contributed by atoms with Gasteiger partial charge in [0.1, 0.15) is 5.01 Å². The molecule has 0 spiro atoms. The molecule has 0 aliphatic rings. The third kappa shape index (κ3) is 5.40. The molecule has 4 aromatic rings. The summed E-state index contributed by atoms with van der Waals surface area (Å²) in [5.74, 6) is 0.111. The van der Waals surface area contributed by atoms with E-state index in [4.69, 9.17) is 0 Å². The summed E-state index contributed by atoms with van der Waals surface area (Å²) < 4.78 is 0. The summed E-state index contributed by atoms with van der Waals surface area (Å²) in [6.07, 6.45) is 4.71. The van der Waals surface area contributed by atoms with Crippen LogP contribution in [0.5, 0.6) is 0 Å². The lowest BCUT2D eigenvalue weighted by molar-refractivity contribution is -0.131. The fourth-order valence-corrected chi connectivity index (χ4v) is 4.95. The highest BCUT2D eigenvalue weighted by Crippen LogP contribution is 2.23. The number of thiophene rings is 1. The van der Waals surface area contributed by atoms with Crippen molar-refractivity contribution in [2.75, 3.05) is 6.54 Å². The molecule has 3 aromatic heterocycles. The van der Waals surface area contributed by atoms with Crippen LogP contribution in [-0.4, -0.2) is 27.3 Å². The van der Waals surface area contributed by atoms with Gasteiger partial charge in [0.2, 0.25) is 5.91 Å². The fourth-order valence-electron chi connectivity index (χ4n) is 3.24. The van der Waals surface area contributed by atoms with E-state index in [0.717, 1.165) is 22.7 Å². The Morgan fingerprint density at radius 3 is 2.67 bits per heavy atom. The zero-order valence-corrected chi connectivity index (χ0v) is 18.5. The number of thiazole rings is 1.